The molecule has 3 N–H and O–H groups in total. The Morgan fingerprint density at radius 1 is 1.79 bits per heavy atom. The molecule has 0 saturated carbocycles. The second-order valence-corrected chi connectivity index (χ2v) is 4.87. The summed E-state index contributed by atoms with van der Waals surface area (Å²) in [6.45, 7) is 3.76. The number of hydrogen-bond donors (Lipinski definition) is 2. The predicted molar refractivity (Wildman–Crippen MR) is 58.6 cm³/mol. The van der Waals surface area contributed by atoms with Gasteiger partial charge in [-0.25, -0.2) is 4.98 Å². The normalized spacial score (nSPS) is 11.4. The number of amides is 1. The van der Waals surface area contributed by atoms with Gasteiger partial charge in [-0.15, -0.1) is 11.3 Å². The number of nitrogens with zero attached hydrogens (tertiary/aromatic N) is 1. The minimum absolute atomic E-state index is 0.254. The molecule has 0 aliphatic carbocycles. The molecule has 4 nitrogen and oxygen atoms in total. The van der Waals surface area contributed by atoms with Crippen LogP contribution in [-0.2, 0) is 4.79 Å². The van der Waals surface area contributed by atoms with Crippen LogP contribution in [0.15, 0.2) is 5.38 Å². The molecule has 14 heavy (non-hydrogen) atoms. The third kappa shape index (κ3) is 3.51. The molecular weight excluding hydrogens is 222 g/mol. The van der Waals surface area contributed by atoms with Crippen LogP contribution in [0, 0.1) is 0 Å². The number of hydrogen-bond acceptors (Lipinski definition) is 4. The first kappa shape index (κ1) is 11.3. The highest BCUT2D eigenvalue weighted by Crippen LogP contribution is 2.23. The highest BCUT2D eigenvalue weighted by atomic mass is 35.5. The lowest BCUT2D eigenvalue weighted by molar-refractivity contribution is -0.118. The molecule has 0 saturated heterocycles. The maximum Gasteiger partial charge on any atom is 0.219 e. The van der Waals surface area contributed by atoms with E-state index in [-0.39, 0.29) is 12.3 Å². The van der Waals surface area contributed by atoms with Crippen LogP contribution in [-0.4, -0.2) is 16.4 Å². The van der Waals surface area contributed by atoms with Gasteiger partial charge in [-0.05, 0) is 13.8 Å². The van der Waals surface area contributed by atoms with Gasteiger partial charge in [-0.3, -0.25) is 4.79 Å². The van der Waals surface area contributed by atoms with E-state index < -0.39 is 5.54 Å². The van der Waals surface area contributed by atoms with Crippen LogP contribution in [0.5, 0.6) is 0 Å². The van der Waals surface area contributed by atoms with Gasteiger partial charge in [0.25, 0.3) is 0 Å². The van der Waals surface area contributed by atoms with Crippen molar-refractivity contribution in [2.45, 2.75) is 25.8 Å². The van der Waals surface area contributed by atoms with Crippen molar-refractivity contribution < 1.29 is 4.79 Å². The second-order valence-electron chi connectivity index (χ2n) is 3.63. The zero-order chi connectivity index (χ0) is 10.8. The van der Waals surface area contributed by atoms with Crippen molar-refractivity contribution >= 4 is 34.0 Å². The van der Waals surface area contributed by atoms with E-state index in [1.807, 2.05) is 13.8 Å². The molecule has 78 valence electrons. The summed E-state index contributed by atoms with van der Waals surface area (Å²) >= 11 is 7.06. The lowest BCUT2D eigenvalue weighted by atomic mass is 10.0. The molecule has 0 aliphatic heterocycles. The highest BCUT2D eigenvalue weighted by molar-refractivity contribution is 7.14. The van der Waals surface area contributed by atoms with Crippen LogP contribution in [0.4, 0.5) is 5.13 Å². The molecule has 0 radical (unpaired) electrons. The number of aromatic nitrogens is 1. The summed E-state index contributed by atoms with van der Waals surface area (Å²) in [6.07, 6.45) is 0.254. The van der Waals surface area contributed by atoms with Gasteiger partial charge in [0, 0.05) is 17.3 Å². The summed E-state index contributed by atoms with van der Waals surface area (Å²) in [5.74, 6) is -0.342. The molecule has 1 amide bonds. The monoisotopic (exact) mass is 233 g/mol. The van der Waals surface area contributed by atoms with Crippen molar-refractivity contribution in [2.75, 3.05) is 5.32 Å². The molecule has 0 fully saturated rings. The van der Waals surface area contributed by atoms with Gasteiger partial charge in [-0.2, -0.15) is 0 Å². The average molecular weight is 234 g/mol. The number of rotatable bonds is 4. The topological polar surface area (TPSA) is 68.0 Å². The molecule has 0 bridgehead atoms. The van der Waals surface area contributed by atoms with Crippen molar-refractivity contribution in [3.63, 3.8) is 0 Å². The average Bonchev–Trinajstić information content (AvgIpc) is 2.30. The van der Waals surface area contributed by atoms with Crippen molar-refractivity contribution in [3.05, 3.63) is 10.5 Å². The first-order chi connectivity index (χ1) is 6.39. The third-order valence-corrected chi connectivity index (χ3v) is 2.62. The van der Waals surface area contributed by atoms with Crippen molar-refractivity contribution in [2.24, 2.45) is 5.73 Å². The van der Waals surface area contributed by atoms with Gasteiger partial charge >= 0.3 is 0 Å². The van der Waals surface area contributed by atoms with Gasteiger partial charge in [0.15, 0.2) is 5.13 Å². The first-order valence-corrected chi connectivity index (χ1v) is 5.32. The smallest absolute Gasteiger partial charge is 0.219 e. The third-order valence-electron chi connectivity index (χ3n) is 1.54. The van der Waals surface area contributed by atoms with Crippen molar-refractivity contribution in [3.8, 4) is 0 Å². The van der Waals surface area contributed by atoms with Gasteiger partial charge < -0.3 is 11.1 Å². The van der Waals surface area contributed by atoms with Crippen LogP contribution in [0.1, 0.15) is 20.3 Å². The fourth-order valence-corrected chi connectivity index (χ4v) is 2.10. The summed E-state index contributed by atoms with van der Waals surface area (Å²) in [6, 6.07) is 0. The standard InChI is InChI=1S/C8H12ClN3OS/c1-8(2,3-6(10)13)12-7-11-5(9)4-14-7/h4H,3H2,1-2H3,(H2,10,13)(H,11,12). The van der Waals surface area contributed by atoms with Crippen molar-refractivity contribution in [1.82, 2.24) is 4.98 Å². The van der Waals surface area contributed by atoms with E-state index in [9.17, 15) is 4.79 Å². The molecule has 0 aliphatic rings. The number of nitrogens with two attached hydrogens (primary N) is 1. The minimum atomic E-state index is -0.396. The fraction of sp³-hybridized carbons (Fsp3) is 0.500. The first-order valence-electron chi connectivity index (χ1n) is 4.06. The quantitative estimate of drug-likeness (QED) is 0.834. The maximum atomic E-state index is 10.7. The zero-order valence-corrected chi connectivity index (χ0v) is 9.58. The fourth-order valence-electron chi connectivity index (χ4n) is 1.08. The Morgan fingerprint density at radius 3 is 2.86 bits per heavy atom. The lowest BCUT2D eigenvalue weighted by Gasteiger charge is -2.23. The van der Waals surface area contributed by atoms with Gasteiger partial charge in [0.2, 0.25) is 5.91 Å². The van der Waals surface area contributed by atoms with E-state index in [2.05, 4.69) is 10.3 Å². The number of halogens is 1. The number of primary amides is 1. The second kappa shape index (κ2) is 4.14. The Hall–Kier alpha value is -0.810. The van der Waals surface area contributed by atoms with E-state index in [4.69, 9.17) is 17.3 Å². The summed E-state index contributed by atoms with van der Waals surface area (Å²) < 4.78 is 0. The Bertz CT molecular complexity index is 337. The van der Waals surface area contributed by atoms with E-state index in [0.29, 0.717) is 10.3 Å². The number of thiazole rings is 1. The molecule has 0 aromatic carbocycles. The number of nitrogens with one attached hydrogen (secondary N) is 1. The molecule has 0 unspecified atom stereocenters. The zero-order valence-electron chi connectivity index (χ0n) is 8.00. The Labute approximate surface area is 91.5 Å². The predicted octanol–water partition coefficient (Wildman–Crippen LogP) is 1.86. The molecule has 6 heteroatoms. The molecule has 1 aromatic heterocycles. The molecular formula is C8H12ClN3OS. The Kier molecular flexibility index (Phi) is 3.34. The number of anilines is 1. The van der Waals surface area contributed by atoms with Crippen LogP contribution in [0.25, 0.3) is 0 Å². The van der Waals surface area contributed by atoms with Gasteiger partial charge in [0.1, 0.15) is 5.15 Å². The summed E-state index contributed by atoms with van der Waals surface area (Å²) in [5.41, 5.74) is 4.72. The van der Waals surface area contributed by atoms with Crippen molar-refractivity contribution in [1.29, 1.82) is 0 Å². The van der Waals surface area contributed by atoms with E-state index in [1.165, 1.54) is 11.3 Å². The SMILES string of the molecule is CC(C)(CC(N)=O)Nc1nc(Cl)cs1. The number of carbonyl (C=O) groups excluding carboxylic acids is 1. The summed E-state index contributed by atoms with van der Waals surface area (Å²) in [5, 5.41) is 5.97. The van der Waals surface area contributed by atoms with Crippen LogP contribution >= 0.6 is 22.9 Å². The lowest BCUT2D eigenvalue weighted by Crippen LogP contribution is -2.35. The summed E-state index contributed by atoms with van der Waals surface area (Å²) in [4.78, 5) is 14.8. The van der Waals surface area contributed by atoms with Crippen LogP contribution in [0.2, 0.25) is 5.15 Å². The van der Waals surface area contributed by atoms with Crippen LogP contribution in [0.3, 0.4) is 0 Å². The molecule has 1 heterocycles. The maximum absolute atomic E-state index is 10.7. The molecule has 1 rings (SSSR count). The molecule has 1 aromatic rings. The van der Waals surface area contributed by atoms with E-state index >= 15 is 0 Å². The van der Waals surface area contributed by atoms with Crippen LogP contribution < -0.4 is 11.1 Å². The van der Waals surface area contributed by atoms with Gasteiger partial charge in [0.05, 0.1) is 0 Å². The van der Waals surface area contributed by atoms with Gasteiger partial charge in [-0.1, -0.05) is 11.6 Å². The molecule has 0 spiro atoms. The summed E-state index contributed by atoms with van der Waals surface area (Å²) in [7, 11) is 0. The van der Waals surface area contributed by atoms with E-state index in [1.54, 1.807) is 5.38 Å². The minimum Gasteiger partial charge on any atom is -0.370 e. The molecule has 0 atom stereocenters. The largest absolute Gasteiger partial charge is 0.370 e. The number of carbonyl (C=O) groups is 1. The Morgan fingerprint density at radius 2 is 2.43 bits per heavy atom. The highest BCUT2D eigenvalue weighted by Gasteiger charge is 2.21. The Balaban J connectivity index is 2.63. The van der Waals surface area contributed by atoms with E-state index in [0.717, 1.165) is 0 Å².